The Morgan fingerprint density at radius 2 is 1.69 bits per heavy atom. The van der Waals surface area contributed by atoms with Gasteiger partial charge in [-0.15, -0.1) is 0 Å². The Kier molecular flexibility index (Phi) is 5.10. The number of benzene rings is 2. The van der Waals surface area contributed by atoms with Crippen molar-refractivity contribution in [2.24, 2.45) is 0 Å². The van der Waals surface area contributed by atoms with Gasteiger partial charge in [0.05, 0.1) is 10.6 Å². The molecule has 6 heteroatoms. The van der Waals surface area contributed by atoms with Crippen LogP contribution in [0.15, 0.2) is 66.9 Å². The zero-order valence-corrected chi connectivity index (χ0v) is 17.0. The fourth-order valence-corrected chi connectivity index (χ4v) is 4.11. The molecule has 29 heavy (non-hydrogen) atoms. The summed E-state index contributed by atoms with van der Waals surface area (Å²) < 4.78 is 0. The number of amides is 1. The molecule has 0 fully saturated rings. The molecule has 2 aromatic carbocycles. The molecule has 0 radical (unpaired) electrons. The lowest BCUT2D eigenvalue weighted by Gasteiger charge is -2.08. The summed E-state index contributed by atoms with van der Waals surface area (Å²) in [5.41, 5.74) is 11.7. The minimum atomic E-state index is -0.200. The van der Waals surface area contributed by atoms with Crippen molar-refractivity contribution in [2.45, 2.75) is 13.8 Å². The lowest BCUT2D eigenvalue weighted by molar-refractivity contribution is 0.102. The highest BCUT2D eigenvalue weighted by Gasteiger charge is 2.16. The molecule has 2 heterocycles. The zero-order valence-electron chi connectivity index (χ0n) is 16.1. The Morgan fingerprint density at radius 1 is 0.966 bits per heavy atom. The second kappa shape index (κ2) is 7.85. The normalized spacial score (nSPS) is 10.7. The first-order chi connectivity index (χ1) is 14.0. The van der Waals surface area contributed by atoms with Gasteiger partial charge in [0.2, 0.25) is 0 Å². The van der Waals surface area contributed by atoms with Gasteiger partial charge < -0.3 is 11.1 Å². The topological polar surface area (TPSA) is 80.9 Å². The average Bonchev–Trinajstić information content (AvgIpc) is 3.10. The SMILES string of the molecule is Cc1cc(C)cc(-c2nc(N)sc2-c2ccnc(NC(=O)c3ccccc3)c2)c1. The molecule has 0 saturated heterocycles. The lowest BCUT2D eigenvalue weighted by Crippen LogP contribution is -2.12. The molecule has 0 saturated carbocycles. The molecular weight excluding hydrogens is 380 g/mol. The second-order valence-electron chi connectivity index (χ2n) is 6.86. The monoisotopic (exact) mass is 400 g/mol. The number of rotatable bonds is 4. The van der Waals surface area contributed by atoms with Gasteiger partial charge in [0.1, 0.15) is 5.82 Å². The number of hydrogen-bond acceptors (Lipinski definition) is 5. The standard InChI is InChI=1S/C23H20N4OS/c1-14-10-15(2)12-18(11-14)20-21(29-23(24)27-20)17-8-9-25-19(13-17)26-22(28)16-6-4-3-5-7-16/h3-13H,1-2H3,(H2,24,27)(H,25,26,28). The second-order valence-corrected chi connectivity index (χ2v) is 7.89. The molecular formula is C23H20N4OS. The molecule has 0 atom stereocenters. The molecule has 144 valence electrons. The Labute approximate surface area is 173 Å². The van der Waals surface area contributed by atoms with E-state index in [0.717, 1.165) is 21.7 Å². The number of anilines is 2. The smallest absolute Gasteiger partial charge is 0.256 e. The van der Waals surface area contributed by atoms with Crippen LogP contribution in [0.3, 0.4) is 0 Å². The maximum atomic E-state index is 12.4. The fraction of sp³-hybridized carbons (Fsp3) is 0.0870. The van der Waals surface area contributed by atoms with Crippen LogP contribution in [0.1, 0.15) is 21.5 Å². The van der Waals surface area contributed by atoms with E-state index < -0.39 is 0 Å². The van der Waals surface area contributed by atoms with Crippen molar-refractivity contribution in [2.75, 3.05) is 11.1 Å². The highest BCUT2D eigenvalue weighted by Crippen LogP contribution is 2.39. The predicted molar refractivity (Wildman–Crippen MR) is 119 cm³/mol. The number of nitrogens with two attached hydrogens (primary N) is 1. The van der Waals surface area contributed by atoms with Gasteiger partial charge in [0.15, 0.2) is 5.13 Å². The van der Waals surface area contributed by atoms with Crippen LogP contribution >= 0.6 is 11.3 Å². The average molecular weight is 401 g/mol. The van der Waals surface area contributed by atoms with Gasteiger partial charge >= 0.3 is 0 Å². The van der Waals surface area contributed by atoms with Crippen LogP contribution in [0.25, 0.3) is 21.7 Å². The molecule has 0 unspecified atom stereocenters. The van der Waals surface area contributed by atoms with Gasteiger partial charge in [-0.1, -0.05) is 46.7 Å². The molecule has 0 aliphatic heterocycles. The molecule has 4 aromatic rings. The highest BCUT2D eigenvalue weighted by molar-refractivity contribution is 7.19. The molecule has 0 aliphatic rings. The van der Waals surface area contributed by atoms with Crippen LogP contribution in [-0.4, -0.2) is 15.9 Å². The number of thiazole rings is 1. The number of nitrogens with zero attached hydrogens (tertiary/aromatic N) is 2. The number of nitrogens with one attached hydrogen (secondary N) is 1. The molecule has 0 spiro atoms. The lowest BCUT2D eigenvalue weighted by atomic mass is 10.0. The first-order valence-electron chi connectivity index (χ1n) is 9.17. The Morgan fingerprint density at radius 3 is 2.41 bits per heavy atom. The van der Waals surface area contributed by atoms with E-state index in [1.807, 2.05) is 30.3 Å². The number of aryl methyl sites for hydroxylation is 2. The molecule has 5 nitrogen and oxygen atoms in total. The quantitative estimate of drug-likeness (QED) is 0.485. The summed E-state index contributed by atoms with van der Waals surface area (Å²) in [4.78, 5) is 22.3. The van der Waals surface area contributed by atoms with Gasteiger partial charge in [-0.3, -0.25) is 4.79 Å². The van der Waals surface area contributed by atoms with E-state index in [-0.39, 0.29) is 5.91 Å². The number of pyridine rings is 1. The summed E-state index contributed by atoms with van der Waals surface area (Å²) in [6.45, 7) is 4.13. The van der Waals surface area contributed by atoms with Gasteiger partial charge in [0.25, 0.3) is 5.91 Å². The van der Waals surface area contributed by atoms with E-state index in [2.05, 4.69) is 47.3 Å². The third-order valence-corrected chi connectivity index (χ3v) is 5.37. The van der Waals surface area contributed by atoms with Gasteiger partial charge in [-0.2, -0.15) is 0 Å². The Hall–Kier alpha value is -3.51. The van der Waals surface area contributed by atoms with Crippen LogP contribution in [0, 0.1) is 13.8 Å². The number of carbonyl (C=O) groups is 1. The molecule has 0 aliphatic carbocycles. The van der Waals surface area contributed by atoms with E-state index in [0.29, 0.717) is 16.5 Å². The van der Waals surface area contributed by atoms with Crippen molar-refractivity contribution < 1.29 is 4.79 Å². The summed E-state index contributed by atoms with van der Waals surface area (Å²) in [5.74, 6) is 0.281. The van der Waals surface area contributed by atoms with E-state index in [9.17, 15) is 4.79 Å². The maximum absolute atomic E-state index is 12.4. The molecule has 0 bridgehead atoms. The number of hydrogen-bond donors (Lipinski definition) is 2. The van der Waals surface area contributed by atoms with E-state index >= 15 is 0 Å². The van der Waals surface area contributed by atoms with E-state index in [4.69, 9.17) is 5.73 Å². The van der Waals surface area contributed by atoms with Crippen LogP contribution in [0.4, 0.5) is 10.9 Å². The summed E-state index contributed by atoms with van der Waals surface area (Å²) in [6, 6.07) is 19.1. The van der Waals surface area contributed by atoms with Crippen molar-refractivity contribution >= 4 is 28.2 Å². The summed E-state index contributed by atoms with van der Waals surface area (Å²) >= 11 is 1.42. The van der Waals surface area contributed by atoms with Crippen molar-refractivity contribution in [1.82, 2.24) is 9.97 Å². The zero-order chi connectivity index (χ0) is 20.4. The van der Waals surface area contributed by atoms with Crippen LogP contribution < -0.4 is 11.1 Å². The van der Waals surface area contributed by atoms with Crippen molar-refractivity contribution in [3.05, 3.63) is 83.6 Å². The van der Waals surface area contributed by atoms with Crippen molar-refractivity contribution in [3.8, 4) is 21.7 Å². The molecule has 1 amide bonds. The van der Waals surface area contributed by atoms with Crippen molar-refractivity contribution in [3.63, 3.8) is 0 Å². The summed E-state index contributed by atoms with van der Waals surface area (Å²) in [7, 11) is 0. The van der Waals surface area contributed by atoms with Crippen molar-refractivity contribution in [1.29, 1.82) is 0 Å². The minimum absolute atomic E-state index is 0.200. The number of aromatic nitrogens is 2. The first-order valence-corrected chi connectivity index (χ1v) is 9.99. The van der Waals surface area contributed by atoms with E-state index in [1.54, 1.807) is 18.3 Å². The molecule has 3 N–H and O–H groups in total. The van der Waals surface area contributed by atoms with Gasteiger partial charge in [-0.25, -0.2) is 9.97 Å². The first kappa shape index (κ1) is 18.8. The maximum Gasteiger partial charge on any atom is 0.256 e. The van der Waals surface area contributed by atoms with Gasteiger partial charge in [-0.05, 0) is 55.8 Å². The van der Waals surface area contributed by atoms with Crippen LogP contribution in [-0.2, 0) is 0 Å². The third kappa shape index (κ3) is 4.17. The largest absolute Gasteiger partial charge is 0.375 e. The Balaban J connectivity index is 1.70. The summed E-state index contributed by atoms with van der Waals surface area (Å²) in [6.07, 6.45) is 1.68. The Bertz CT molecular complexity index is 1160. The molecule has 2 aromatic heterocycles. The van der Waals surface area contributed by atoms with Gasteiger partial charge in [0, 0.05) is 17.3 Å². The predicted octanol–water partition coefficient (Wildman–Crippen LogP) is 5.32. The fourth-order valence-electron chi connectivity index (χ4n) is 3.26. The number of carbonyl (C=O) groups excluding carboxylic acids is 1. The highest BCUT2D eigenvalue weighted by atomic mass is 32.1. The van der Waals surface area contributed by atoms with Crippen LogP contribution in [0.5, 0.6) is 0 Å². The third-order valence-electron chi connectivity index (χ3n) is 4.44. The number of nitrogen functional groups attached to an aromatic ring is 1. The molecule has 4 rings (SSSR count). The van der Waals surface area contributed by atoms with E-state index in [1.165, 1.54) is 22.5 Å². The minimum Gasteiger partial charge on any atom is -0.375 e. The van der Waals surface area contributed by atoms with Crippen LogP contribution in [0.2, 0.25) is 0 Å². The summed E-state index contributed by atoms with van der Waals surface area (Å²) in [5, 5.41) is 3.36.